The van der Waals surface area contributed by atoms with Crippen molar-refractivity contribution in [2.24, 2.45) is 5.92 Å². The van der Waals surface area contributed by atoms with Gasteiger partial charge in [-0.2, -0.15) is 0 Å². The molecule has 21 heavy (non-hydrogen) atoms. The Balaban J connectivity index is 2.25. The van der Waals surface area contributed by atoms with Crippen molar-refractivity contribution < 1.29 is 9.90 Å². The monoisotopic (exact) mass is 289 g/mol. The molecule has 1 aromatic carbocycles. The Bertz CT molecular complexity index is 694. The average molecular weight is 289 g/mol. The number of H-pyrrole nitrogens is 1. The third kappa shape index (κ3) is 3.66. The number of aromatic nitrogens is 2. The SMILES string of the molecule is CC(C)CC(CO)NC(=O)c1nc2ccccc2c(=O)[nH]1. The van der Waals surface area contributed by atoms with Gasteiger partial charge in [0.1, 0.15) is 0 Å². The van der Waals surface area contributed by atoms with E-state index < -0.39 is 5.91 Å². The summed E-state index contributed by atoms with van der Waals surface area (Å²) in [6.07, 6.45) is 0.653. The standard InChI is InChI=1S/C15H19N3O3/c1-9(2)7-10(8-19)16-15(21)13-17-12-6-4-3-5-11(12)14(20)18-13/h3-6,9-10,19H,7-8H2,1-2H3,(H,16,21)(H,17,18,20). The average Bonchev–Trinajstić information content (AvgIpc) is 2.46. The lowest BCUT2D eigenvalue weighted by Gasteiger charge is -2.17. The number of carbonyl (C=O) groups is 1. The van der Waals surface area contributed by atoms with Gasteiger partial charge in [-0.25, -0.2) is 4.98 Å². The van der Waals surface area contributed by atoms with Crippen LogP contribution in [0.5, 0.6) is 0 Å². The lowest BCUT2D eigenvalue weighted by molar-refractivity contribution is 0.0898. The maximum Gasteiger partial charge on any atom is 0.287 e. The van der Waals surface area contributed by atoms with Crippen molar-refractivity contribution in [3.05, 3.63) is 40.4 Å². The summed E-state index contributed by atoms with van der Waals surface area (Å²) in [5.41, 5.74) is 0.117. The Morgan fingerprint density at radius 1 is 1.38 bits per heavy atom. The highest BCUT2D eigenvalue weighted by Crippen LogP contribution is 2.07. The van der Waals surface area contributed by atoms with Gasteiger partial charge in [0.25, 0.3) is 11.5 Å². The van der Waals surface area contributed by atoms with Gasteiger partial charge in [0, 0.05) is 0 Å². The van der Waals surface area contributed by atoms with E-state index in [2.05, 4.69) is 15.3 Å². The summed E-state index contributed by atoms with van der Waals surface area (Å²) in [7, 11) is 0. The van der Waals surface area contributed by atoms with E-state index in [1.165, 1.54) is 0 Å². The quantitative estimate of drug-likeness (QED) is 0.767. The van der Waals surface area contributed by atoms with Gasteiger partial charge < -0.3 is 15.4 Å². The fourth-order valence-corrected chi connectivity index (χ4v) is 2.20. The van der Waals surface area contributed by atoms with Gasteiger partial charge in [0.15, 0.2) is 5.82 Å². The molecule has 1 unspecified atom stereocenters. The molecule has 1 atom stereocenters. The van der Waals surface area contributed by atoms with Crippen LogP contribution in [0.25, 0.3) is 10.9 Å². The van der Waals surface area contributed by atoms with Crippen molar-refractivity contribution in [2.45, 2.75) is 26.3 Å². The summed E-state index contributed by atoms with van der Waals surface area (Å²) in [4.78, 5) is 30.7. The number of rotatable bonds is 5. The van der Waals surface area contributed by atoms with Crippen LogP contribution in [0.2, 0.25) is 0 Å². The molecule has 6 heteroatoms. The topological polar surface area (TPSA) is 95.1 Å². The summed E-state index contributed by atoms with van der Waals surface area (Å²) in [5, 5.41) is 12.4. The molecule has 3 N–H and O–H groups in total. The first kappa shape index (κ1) is 15.2. The second kappa shape index (κ2) is 6.49. The molecule has 0 fully saturated rings. The number of para-hydroxylation sites is 1. The van der Waals surface area contributed by atoms with Crippen molar-refractivity contribution in [1.82, 2.24) is 15.3 Å². The second-order valence-electron chi connectivity index (χ2n) is 5.41. The predicted molar refractivity (Wildman–Crippen MR) is 80.2 cm³/mol. The van der Waals surface area contributed by atoms with E-state index in [-0.39, 0.29) is 24.0 Å². The number of aliphatic hydroxyl groups excluding tert-OH is 1. The van der Waals surface area contributed by atoms with Crippen LogP contribution in [0.1, 0.15) is 30.9 Å². The van der Waals surface area contributed by atoms with Crippen molar-refractivity contribution in [2.75, 3.05) is 6.61 Å². The number of benzene rings is 1. The Labute approximate surface area is 122 Å². The zero-order valence-electron chi connectivity index (χ0n) is 12.1. The molecule has 0 radical (unpaired) electrons. The first-order valence-corrected chi connectivity index (χ1v) is 6.92. The number of hydrogen-bond acceptors (Lipinski definition) is 4. The van der Waals surface area contributed by atoms with Crippen LogP contribution in [-0.4, -0.2) is 33.6 Å². The Kier molecular flexibility index (Phi) is 4.70. The normalized spacial score (nSPS) is 12.6. The van der Waals surface area contributed by atoms with Gasteiger partial charge >= 0.3 is 0 Å². The van der Waals surface area contributed by atoms with Crippen LogP contribution in [0.15, 0.2) is 29.1 Å². The number of fused-ring (bicyclic) bond motifs is 1. The van der Waals surface area contributed by atoms with E-state index in [4.69, 9.17) is 0 Å². The Morgan fingerprint density at radius 2 is 2.10 bits per heavy atom. The van der Waals surface area contributed by atoms with Crippen LogP contribution in [0.4, 0.5) is 0 Å². The fourth-order valence-electron chi connectivity index (χ4n) is 2.20. The minimum absolute atomic E-state index is 0.0408. The van der Waals surface area contributed by atoms with Gasteiger partial charge in [-0.15, -0.1) is 0 Å². The molecular weight excluding hydrogens is 270 g/mol. The van der Waals surface area contributed by atoms with Crippen molar-refractivity contribution in [3.63, 3.8) is 0 Å². The van der Waals surface area contributed by atoms with Crippen LogP contribution in [-0.2, 0) is 0 Å². The molecule has 0 saturated heterocycles. The highest BCUT2D eigenvalue weighted by Gasteiger charge is 2.17. The second-order valence-corrected chi connectivity index (χ2v) is 5.41. The number of aliphatic hydroxyl groups is 1. The Hall–Kier alpha value is -2.21. The van der Waals surface area contributed by atoms with Crippen LogP contribution >= 0.6 is 0 Å². The number of hydrogen-bond donors (Lipinski definition) is 3. The number of nitrogens with zero attached hydrogens (tertiary/aromatic N) is 1. The van der Waals surface area contributed by atoms with E-state index in [9.17, 15) is 14.7 Å². The minimum Gasteiger partial charge on any atom is -0.394 e. The van der Waals surface area contributed by atoms with E-state index in [1.54, 1.807) is 24.3 Å². The molecular formula is C15H19N3O3. The summed E-state index contributed by atoms with van der Waals surface area (Å²) >= 11 is 0. The van der Waals surface area contributed by atoms with E-state index in [1.807, 2.05) is 13.8 Å². The lowest BCUT2D eigenvalue weighted by atomic mass is 10.0. The zero-order valence-corrected chi connectivity index (χ0v) is 12.1. The van der Waals surface area contributed by atoms with Gasteiger partial charge in [0.05, 0.1) is 23.6 Å². The molecule has 0 saturated carbocycles. The molecule has 0 aliphatic rings. The zero-order chi connectivity index (χ0) is 15.4. The van der Waals surface area contributed by atoms with Crippen LogP contribution in [0, 0.1) is 5.92 Å². The van der Waals surface area contributed by atoms with E-state index in [0.717, 1.165) is 0 Å². The summed E-state index contributed by atoms with van der Waals surface area (Å²) < 4.78 is 0. The smallest absolute Gasteiger partial charge is 0.287 e. The maximum absolute atomic E-state index is 12.1. The minimum atomic E-state index is -0.488. The molecule has 0 aliphatic carbocycles. The van der Waals surface area contributed by atoms with Crippen LogP contribution in [0.3, 0.4) is 0 Å². The molecule has 0 aliphatic heterocycles. The van der Waals surface area contributed by atoms with Crippen LogP contribution < -0.4 is 10.9 Å². The van der Waals surface area contributed by atoms with Crippen molar-refractivity contribution >= 4 is 16.8 Å². The molecule has 1 amide bonds. The van der Waals surface area contributed by atoms with E-state index >= 15 is 0 Å². The highest BCUT2D eigenvalue weighted by atomic mass is 16.3. The fraction of sp³-hybridized carbons (Fsp3) is 0.400. The molecule has 2 rings (SSSR count). The molecule has 0 bridgehead atoms. The molecule has 6 nitrogen and oxygen atoms in total. The molecule has 0 spiro atoms. The van der Waals surface area contributed by atoms with Crippen molar-refractivity contribution in [1.29, 1.82) is 0 Å². The number of nitrogens with one attached hydrogen (secondary N) is 2. The first-order valence-electron chi connectivity index (χ1n) is 6.92. The summed E-state index contributed by atoms with van der Waals surface area (Å²) in [6.45, 7) is 3.86. The largest absolute Gasteiger partial charge is 0.394 e. The summed E-state index contributed by atoms with van der Waals surface area (Å²) in [6, 6.07) is 6.47. The van der Waals surface area contributed by atoms with Gasteiger partial charge in [-0.3, -0.25) is 9.59 Å². The van der Waals surface area contributed by atoms with Gasteiger partial charge in [0.2, 0.25) is 0 Å². The Morgan fingerprint density at radius 3 is 2.76 bits per heavy atom. The predicted octanol–water partition coefficient (Wildman–Crippen LogP) is 1.06. The highest BCUT2D eigenvalue weighted by molar-refractivity contribution is 5.92. The van der Waals surface area contributed by atoms with Crippen molar-refractivity contribution in [3.8, 4) is 0 Å². The number of carbonyl (C=O) groups excluding carboxylic acids is 1. The lowest BCUT2D eigenvalue weighted by Crippen LogP contribution is -2.39. The molecule has 1 aromatic heterocycles. The molecule has 2 aromatic rings. The molecule has 1 heterocycles. The summed E-state index contributed by atoms with van der Waals surface area (Å²) in [5.74, 6) is -0.190. The van der Waals surface area contributed by atoms with Gasteiger partial charge in [-0.1, -0.05) is 26.0 Å². The maximum atomic E-state index is 12.1. The third-order valence-corrected chi connectivity index (χ3v) is 3.14. The number of amides is 1. The number of aromatic amines is 1. The third-order valence-electron chi connectivity index (χ3n) is 3.14. The van der Waals surface area contributed by atoms with E-state index in [0.29, 0.717) is 23.2 Å². The first-order chi connectivity index (χ1) is 10.0. The van der Waals surface area contributed by atoms with Gasteiger partial charge in [-0.05, 0) is 24.5 Å². The molecule has 112 valence electrons.